The van der Waals surface area contributed by atoms with E-state index in [1.165, 1.54) is 17.0 Å². The van der Waals surface area contributed by atoms with Crippen LogP contribution in [0.3, 0.4) is 0 Å². The fraction of sp³-hybridized carbons (Fsp3) is 0.278. The lowest BCUT2D eigenvalue weighted by Crippen LogP contribution is -2.44. The lowest BCUT2D eigenvalue weighted by Gasteiger charge is -2.34. The number of anilines is 3. The zero-order valence-electron chi connectivity index (χ0n) is 14.0. The number of likely N-dealkylation sites (N-methyl/N-ethyl adjacent to an activating group) is 1. The van der Waals surface area contributed by atoms with E-state index in [4.69, 9.17) is 11.6 Å². The van der Waals surface area contributed by atoms with Crippen LogP contribution < -0.4 is 10.2 Å². The van der Waals surface area contributed by atoms with Gasteiger partial charge in [0.1, 0.15) is 0 Å². The molecule has 0 atom stereocenters. The second-order valence-corrected chi connectivity index (χ2v) is 7.95. The zero-order valence-corrected chi connectivity index (χ0v) is 15.6. The van der Waals surface area contributed by atoms with Crippen molar-refractivity contribution in [3.8, 4) is 10.6 Å². The molecule has 0 aliphatic carbocycles. The Bertz CT molecular complexity index is 833. The molecule has 0 spiro atoms. The van der Waals surface area contributed by atoms with E-state index in [2.05, 4.69) is 56.6 Å². The quantitative estimate of drug-likeness (QED) is 0.716. The molecule has 0 radical (unpaired) electrons. The maximum Gasteiger partial charge on any atom is 0.152 e. The predicted octanol–water partition coefficient (Wildman–Crippen LogP) is 4.29. The number of piperazine rings is 1. The van der Waals surface area contributed by atoms with Gasteiger partial charge >= 0.3 is 0 Å². The van der Waals surface area contributed by atoms with Gasteiger partial charge < -0.3 is 15.1 Å². The third-order valence-corrected chi connectivity index (χ3v) is 5.69. The number of hydrogen-bond donors (Lipinski definition) is 2. The van der Waals surface area contributed by atoms with Crippen LogP contribution in [0, 0.1) is 0 Å². The number of aromatic amines is 1. The molecule has 2 N–H and O–H groups in total. The first-order valence-electron chi connectivity index (χ1n) is 8.29. The lowest BCUT2D eigenvalue weighted by atomic mass is 10.2. The Morgan fingerprint density at radius 2 is 1.84 bits per heavy atom. The molecule has 1 fully saturated rings. The van der Waals surface area contributed by atoms with Crippen LogP contribution in [-0.4, -0.2) is 48.3 Å². The van der Waals surface area contributed by atoms with Crippen LogP contribution >= 0.6 is 22.9 Å². The number of H-pyrrole nitrogens is 1. The molecule has 0 unspecified atom stereocenters. The Morgan fingerprint density at radius 3 is 2.52 bits per heavy atom. The smallest absolute Gasteiger partial charge is 0.152 e. The highest BCUT2D eigenvalue weighted by Gasteiger charge is 2.14. The summed E-state index contributed by atoms with van der Waals surface area (Å²) in [6, 6.07) is 14.4. The maximum absolute atomic E-state index is 6.00. The number of aromatic nitrogens is 2. The third kappa shape index (κ3) is 3.81. The Kier molecular flexibility index (Phi) is 4.65. The largest absolute Gasteiger partial charge is 0.369 e. The first-order valence-corrected chi connectivity index (χ1v) is 9.48. The molecule has 7 heteroatoms. The van der Waals surface area contributed by atoms with Gasteiger partial charge in [-0.15, -0.1) is 11.3 Å². The Labute approximate surface area is 156 Å². The lowest BCUT2D eigenvalue weighted by molar-refractivity contribution is 0.313. The van der Waals surface area contributed by atoms with Crippen LogP contribution in [0.5, 0.6) is 0 Å². The van der Waals surface area contributed by atoms with E-state index < -0.39 is 0 Å². The summed E-state index contributed by atoms with van der Waals surface area (Å²) in [7, 11) is 2.17. The SMILES string of the molecule is CN1CCN(c2ccc(Nc3cc(-c4ccc(Cl)s4)[nH]n3)cc2)CC1. The van der Waals surface area contributed by atoms with E-state index in [1.54, 1.807) is 0 Å². The molecule has 0 bridgehead atoms. The molecule has 1 aliphatic rings. The number of nitrogens with one attached hydrogen (secondary N) is 2. The van der Waals surface area contributed by atoms with Crippen molar-refractivity contribution in [2.24, 2.45) is 0 Å². The van der Waals surface area contributed by atoms with E-state index in [-0.39, 0.29) is 0 Å². The number of halogens is 1. The molecule has 4 rings (SSSR count). The van der Waals surface area contributed by atoms with E-state index in [9.17, 15) is 0 Å². The summed E-state index contributed by atoms with van der Waals surface area (Å²) in [5, 5.41) is 10.7. The minimum Gasteiger partial charge on any atom is -0.369 e. The number of nitrogens with zero attached hydrogens (tertiary/aromatic N) is 3. The molecule has 1 aliphatic heterocycles. The minimum atomic E-state index is 0.776. The van der Waals surface area contributed by atoms with Crippen molar-refractivity contribution in [2.45, 2.75) is 0 Å². The van der Waals surface area contributed by atoms with Gasteiger partial charge in [0.05, 0.1) is 14.9 Å². The molecular formula is C18H20ClN5S. The minimum absolute atomic E-state index is 0.776. The highest BCUT2D eigenvalue weighted by atomic mass is 35.5. The Morgan fingerprint density at radius 1 is 1.08 bits per heavy atom. The van der Waals surface area contributed by atoms with Crippen LogP contribution in [0.1, 0.15) is 0 Å². The molecule has 3 heterocycles. The van der Waals surface area contributed by atoms with Gasteiger partial charge in [-0.05, 0) is 43.4 Å². The molecule has 1 saturated heterocycles. The van der Waals surface area contributed by atoms with Gasteiger partial charge in [-0.25, -0.2) is 0 Å². The Hall–Kier alpha value is -2.02. The van der Waals surface area contributed by atoms with Crippen molar-refractivity contribution in [1.82, 2.24) is 15.1 Å². The van der Waals surface area contributed by atoms with E-state index in [0.29, 0.717) is 0 Å². The fourth-order valence-corrected chi connectivity index (χ4v) is 3.95. The van der Waals surface area contributed by atoms with Crippen LogP contribution in [0.2, 0.25) is 4.34 Å². The molecule has 3 aromatic rings. The van der Waals surface area contributed by atoms with Crippen LogP contribution in [0.4, 0.5) is 17.2 Å². The standard InChI is InChI=1S/C18H20ClN5S/c1-23-8-10-24(11-9-23)14-4-2-13(3-5-14)20-18-12-15(21-22-18)16-6-7-17(19)25-16/h2-7,12H,8-11H2,1H3,(H2,20,21,22). The second-order valence-electron chi connectivity index (χ2n) is 6.23. The molecule has 25 heavy (non-hydrogen) atoms. The van der Waals surface area contributed by atoms with E-state index in [0.717, 1.165) is 52.6 Å². The monoisotopic (exact) mass is 373 g/mol. The summed E-state index contributed by atoms with van der Waals surface area (Å²) in [6.07, 6.45) is 0. The van der Waals surface area contributed by atoms with Gasteiger partial charge in [0.25, 0.3) is 0 Å². The predicted molar refractivity (Wildman–Crippen MR) is 106 cm³/mol. The first kappa shape index (κ1) is 16.4. The summed E-state index contributed by atoms with van der Waals surface area (Å²) in [5.41, 5.74) is 3.27. The van der Waals surface area contributed by atoms with Gasteiger partial charge in [0.15, 0.2) is 5.82 Å². The van der Waals surface area contributed by atoms with Gasteiger partial charge in [-0.1, -0.05) is 11.6 Å². The molecule has 1 aromatic carbocycles. The summed E-state index contributed by atoms with van der Waals surface area (Å²) in [6.45, 7) is 4.39. The van der Waals surface area contributed by atoms with E-state index in [1.807, 2.05) is 18.2 Å². The normalized spacial score (nSPS) is 15.5. The highest BCUT2D eigenvalue weighted by Crippen LogP contribution is 2.31. The summed E-state index contributed by atoms with van der Waals surface area (Å²) < 4.78 is 0.776. The molecule has 5 nitrogen and oxygen atoms in total. The van der Waals surface area contributed by atoms with Crippen molar-refractivity contribution >= 4 is 40.1 Å². The van der Waals surface area contributed by atoms with Crippen LogP contribution in [0.25, 0.3) is 10.6 Å². The van der Waals surface area contributed by atoms with Crippen molar-refractivity contribution in [3.63, 3.8) is 0 Å². The Balaban J connectivity index is 1.42. The molecule has 0 amide bonds. The average molecular weight is 374 g/mol. The van der Waals surface area contributed by atoms with Crippen LogP contribution in [0.15, 0.2) is 42.5 Å². The van der Waals surface area contributed by atoms with Gasteiger partial charge in [-0.3, -0.25) is 5.10 Å². The fourth-order valence-electron chi connectivity index (χ4n) is 2.94. The van der Waals surface area contributed by atoms with Gasteiger partial charge in [0.2, 0.25) is 0 Å². The summed E-state index contributed by atoms with van der Waals surface area (Å²) in [4.78, 5) is 5.87. The summed E-state index contributed by atoms with van der Waals surface area (Å²) >= 11 is 7.53. The van der Waals surface area contributed by atoms with Crippen molar-refractivity contribution in [1.29, 1.82) is 0 Å². The third-order valence-electron chi connectivity index (χ3n) is 4.42. The number of rotatable bonds is 4. The van der Waals surface area contributed by atoms with E-state index >= 15 is 0 Å². The zero-order chi connectivity index (χ0) is 17.2. The van der Waals surface area contributed by atoms with Crippen molar-refractivity contribution < 1.29 is 0 Å². The van der Waals surface area contributed by atoms with Crippen molar-refractivity contribution in [3.05, 3.63) is 46.8 Å². The molecule has 2 aromatic heterocycles. The number of benzene rings is 1. The molecule has 130 valence electrons. The summed E-state index contributed by atoms with van der Waals surface area (Å²) in [5.74, 6) is 0.798. The first-order chi connectivity index (χ1) is 12.2. The average Bonchev–Trinajstić information content (AvgIpc) is 3.25. The second kappa shape index (κ2) is 7.07. The van der Waals surface area contributed by atoms with Gasteiger partial charge in [0, 0.05) is 43.6 Å². The van der Waals surface area contributed by atoms with Crippen molar-refractivity contribution in [2.75, 3.05) is 43.4 Å². The number of thiophene rings is 1. The number of hydrogen-bond acceptors (Lipinski definition) is 5. The molecule has 0 saturated carbocycles. The maximum atomic E-state index is 6.00. The van der Waals surface area contributed by atoms with Crippen LogP contribution in [-0.2, 0) is 0 Å². The highest BCUT2D eigenvalue weighted by molar-refractivity contribution is 7.19. The molecular weight excluding hydrogens is 354 g/mol. The van der Waals surface area contributed by atoms with Gasteiger partial charge in [-0.2, -0.15) is 5.10 Å². The topological polar surface area (TPSA) is 47.2 Å².